The quantitative estimate of drug-likeness (QED) is 0.158. The van der Waals surface area contributed by atoms with Gasteiger partial charge in [-0.2, -0.15) is 0 Å². The molecule has 1 aliphatic rings. The molecule has 2 rings (SSSR count). The van der Waals surface area contributed by atoms with Crippen LogP contribution in [-0.2, 0) is 23.9 Å². The Morgan fingerprint density at radius 3 is 2.23 bits per heavy atom. The molecular weight excluding hydrogens is 344 g/mol. The fraction of sp³-hybridized carbons (Fsp3) is 0.176. The summed E-state index contributed by atoms with van der Waals surface area (Å²) in [6, 6.07) is 4.16. The molecule has 1 heterocycles. The first kappa shape index (κ1) is 18.7. The minimum atomic E-state index is -1.21. The first-order valence-corrected chi connectivity index (χ1v) is 7.41. The van der Waals surface area contributed by atoms with Gasteiger partial charge in [0.05, 0.1) is 5.69 Å². The number of hydrogen-bond donors (Lipinski definition) is 4. The average molecular weight is 360 g/mol. The number of ketones is 1. The van der Waals surface area contributed by atoms with Crippen LogP contribution in [0, 0.1) is 0 Å². The van der Waals surface area contributed by atoms with Crippen LogP contribution in [-0.4, -0.2) is 33.8 Å². The summed E-state index contributed by atoms with van der Waals surface area (Å²) in [5.41, 5.74) is -0.406. The third kappa shape index (κ3) is 3.72. The van der Waals surface area contributed by atoms with Crippen LogP contribution in [0.15, 0.2) is 40.8 Å². The molecule has 9 nitrogen and oxygen atoms in total. The number of Topliss-reactive ketones (excluding diaryl/α,β-unsaturated/α-hetero) is 1. The molecule has 0 atom stereocenters. The number of carbonyl (C=O) groups is 4. The summed E-state index contributed by atoms with van der Waals surface area (Å²) in [6.45, 7) is 3.75. The molecule has 0 unspecified atom stereocenters. The number of allylic oxidation sites excluding steroid dienone is 1. The Kier molecular flexibility index (Phi) is 5.11. The van der Waals surface area contributed by atoms with Crippen molar-refractivity contribution in [2.45, 2.75) is 20.8 Å². The molecule has 1 amide bonds. The number of rotatable bonds is 4. The first-order chi connectivity index (χ1) is 12.1. The summed E-state index contributed by atoms with van der Waals surface area (Å²) in [5, 5.41) is 25.1. The van der Waals surface area contributed by atoms with E-state index >= 15 is 0 Å². The molecule has 0 bridgehead atoms. The molecule has 26 heavy (non-hydrogen) atoms. The maximum Gasteiger partial charge on any atom is 0.353 e. The molecule has 0 spiro atoms. The number of nitrogens with one attached hydrogen (secondary N) is 2. The third-order valence-corrected chi connectivity index (χ3v) is 3.43. The van der Waals surface area contributed by atoms with Crippen LogP contribution in [0.5, 0.6) is 5.75 Å². The van der Waals surface area contributed by atoms with E-state index in [1.165, 1.54) is 32.0 Å². The lowest BCUT2D eigenvalue weighted by atomic mass is 10.0. The van der Waals surface area contributed by atoms with Crippen molar-refractivity contribution in [1.82, 2.24) is 0 Å². The fourth-order valence-corrected chi connectivity index (χ4v) is 2.33. The van der Waals surface area contributed by atoms with Gasteiger partial charge in [0.2, 0.25) is 5.91 Å². The summed E-state index contributed by atoms with van der Waals surface area (Å²) in [4.78, 5) is 46.2. The van der Waals surface area contributed by atoms with Gasteiger partial charge in [0, 0.05) is 18.3 Å². The van der Waals surface area contributed by atoms with Gasteiger partial charge in [-0.3, -0.25) is 9.59 Å². The summed E-state index contributed by atoms with van der Waals surface area (Å²) in [5.74, 6) is -4.40. The van der Waals surface area contributed by atoms with E-state index in [9.17, 15) is 29.4 Å². The Balaban J connectivity index is 2.45. The molecule has 0 saturated heterocycles. The minimum absolute atomic E-state index is 0.0956. The first-order valence-electron chi connectivity index (χ1n) is 7.41. The number of ether oxygens (including phenoxy) is 1. The smallest absolute Gasteiger partial charge is 0.353 e. The normalized spacial score (nSPS) is 16.1. The van der Waals surface area contributed by atoms with E-state index in [0.717, 1.165) is 6.92 Å². The highest BCUT2D eigenvalue weighted by Gasteiger charge is 2.36. The molecule has 0 fully saturated rings. The van der Waals surface area contributed by atoms with Gasteiger partial charge in [0.15, 0.2) is 5.78 Å². The molecule has 9 heteroatoms. The monoisotopic (exact) mass is 360 g/mol. The van der Waals surface area contributed by atoms with Crippen molar-refractivity contribution >= 4 is 35.0 Å². The van der Waals surface area contributed by atoms with Gasteiger partial charge in [-0.25, -0.2) is 9.59 Å². The van der Waals surface area contributed by atoms with Crippen LogP contribution in [0.1, 0.15) is 20.8 Å². The van der Waals surface area contributed by atoms with Crippen molar-refractivity contribution in [3.05, 3.63) is 40.8 Å². The molecule has 1 aliphatic heterocycles. The van der Waals surface area contributed by atoms with Crippen LogP contribution in [0.25, 0.3) is 0 Å². The number of aliphatic hydroxyl groups is 1. The second-order valence-electron chi connectivity index (χ2n) is 5.49. The van der Waals surface area contributed by atoms with Crippen molar-refractivity contribution in [1.29, 1.82) is 0 Å². The molecule has 0 radical (unpaired) electrons. The van der Waals surface area contributed by atoms with E-state index in [0.29, 0.717) is 5.69 Å². The summed E-state index contributed by atoms with van der Waals surface area (Å²) >= 11 is 0. The molecule has 0 aromatic heterocycles. The molecule has 4 N–H and O–H groups in total. The van der Waals surface area contributed by atoms with Crippen molar-refractivity contribution < 1.29 is 34.1 Å². The van der Waals surface area contributed by atoms with Gasteiger partial charge in [0.1, 0.15) is 22.7 Å². The number of esters is 2. The topological polar surface area (TPSA) is 142 Å². The van der Waals surface area contributed by atoms with Crippen LogP contribution >= 0.6 is 0 Å². The van der Waals surface area contributed by atoms with E-state index in [-0.39, 0.29) is 22.7 Å². The molecule has 0 saturated carbocycles. The Bertz CT molecular complexity index is 896. The number of cyclic esters (lactones) is 2. The lowest BCUT2D eigenvalue weighted by Gasteiger charge is -2.18. The number of aliphatic hydroxyl groups excluding tert-OH is 1. The van der Waals surface area contributed by atoms with E-state index in [1.807, 2.05) is 0 Å². The van der Waals surface area contributed by atoms with Crippen molar-refractivity contribution in [3.63, 3.8) is 0 Å². The number of amides is 1. The highest BCUT2D eigenvalue weighted by atomic mass is 16.6. The highest BCUT2D eigenvalue weighted by Crippen LogP contribution is 2.29. The van der Waals surface area contributed by atoms with Crippen LogP contribution < -0.4 is 10.6 Å². The van der Waals surface area contributed by atoms with E-state index in [2.05, 4.69) is 15.4 Å². The number of carbonyl (C=O) groups excluding carboxylic acids is 4. The summed E-state index contributed by atoms with van der Waals surface area (Å²) in [7, 11) is 0. The standard InChI is InChI=1S/C17H16N2O7/c1-7(13-15(23)14(8(2)20)17(25)26-16(13)24)18-10-4-5-12(22)11(6-10)19-9(3)21/h4-6,18,22-23H,1-3H3,(H,19,21)/b13-7-. The summed E-state index contributed by atoms with van der Waals surface area (Å²) in [6.07, 6.45) is 0. The maximum absolute atomic E-state index is 11.9. The predicted molar refractivity (Wildman–Crippen MR) is 90.2 cm³/mol. The van der Waals surface area contributed by atoms with Crippen molar-refractivity contribution in [3.8, 4) is 5.75 Å². The second kappa shape index (κ2) is 7.09. The number of hydrogen-bond acceptors (Lipinski definition) is 8. The Morgan fingerprint density at radius 2 is 1.65 bits per heavy atom. The van der Waals surface area contributed by atoms with E-state index < -0.39 is 35.0 Å². The van der Waals surface area contributed by atoms with E-state index in [1.54, 1.807) is 0 Å². The number of phenols is 1. The Hall–Kier alpha value is -3.62. The zero-order chi connectivity index (χ0) is 19.6. The third-order valence-electron chi connectivity index (χ3n) is 3.43. The Labute approximate surface area is 148 Å². The highest BCUT2D eigenvalue weighted by molar-refractivity contribution is 6.23. The fourth-order valence-electron chi connectivity index (χ4n) is 2.33. The zero-order valence-electron chi connectivity index (χ0n) is 14.2. The number of aromatic hydroxyl groups is 1. The molecule has 1 aromatic carbocycles. The van der Waals surface area contributed by atoms with Gasteiger partial charge < -0.3 is 25.6 Å². The lowest BCUT2D eigenvalue weighted by molar-refractivity contribution is -0.155. The van der Waals surface area contributed by atoms with Gasteiger partial charge in [-0.1, -0.05) is 0 Å². The van der Waals surface area contributed by atoms with Gasteiger partial charge in [0.25, 0.3) is 0 Å². The summed E-state index contributed by atoms with van der Waals surface area (Å²) < 4.78 is 4.49. The number of anilines is 2. The van der Waals surface area contributed by atoms with Crippen molar-refractivity contribution in [2.75, 3.05) is 10.6 Å². The van der Waals surface area contributed by atoms with Gasteiger partial charge in [-0.15, -0.1) is 0 Å². The zero-order valence-corrected chi connectivity index (χ0v) is 14.2. The second-order valence-corrected chi connectivity index (χ2v) is 5.49. The Morgan fingerprint density at radius 1 is 1.00 bits per heavy atom. The number of benzene rings is 1. The number of phenolic OH excluding ortho intramolecular Hbond substituents is 1. The van der Waals surface area contributed by atoms with Gasteiger partial charge >= 0.3 is 11.9 Å². The van der Waals surface area contributed by atoms with Crippen LogP contribution in [0.4, 0.5) is 11.4 Å². The molecule has 136 valence electrons. The predicted octanol–water partition coefficient (Wildman–Crippen LogP) is 1.52. The van der Waals surface area contributed by atoms with E-state index in [4.69, 9.17) is 0 Å². The largest absolute Gasteiger partial charge is 0.506 e. The lowest BCUT2D eigenvalue weighted by Crippen LogP contribution is -2.29. The maximum atomic E-state index is 11.9. The van der Waals surface area contributed by atoms with Gasteiger partial charge in [-0.05, 0) is 32.0 Å². The molecular formula is C17H16N2O7. The minimum Gasteiger partial charge on any atom is -0.506 e. The van der Waals surface area contributed by atoms with Crippen LogP contribution in [0.2, 0.25) is 0 Å². The SMILES string of the molecule is CC(=O)Nc1cc(N/C(C)=C2\C(=O)OC(=O)C(C(C)=O)=C2O)ccc1O. The van der Waals surface area contributed by atoms with Crippen molar-refractivity contribution in [2.24, 2.45) is 0 Å². The van der Waals surface area contributed by atoms with Crippen LogP contribution in [0.3, 0.4) is 0 Å². The molecule has 0 aliphatic carbocycles. The average Bonchev–Trinajstić information content (AvgIpc) is 2.49. The molecule has 1 aromatic rings.